The summed E-state index contributed by atoms with van der Waals surface area (Å²) in [6, 6.07) is 2.24. The highest BCUT2D eigenvalue weighted by atomic mass is 32.1. The van der Waals surface area contributed by atoms with Gasteiger partial charge in [0.2, 0.25) is 0 Å². The van der Waals surface area contributed by atoms with E-state index in [1.165, 1.54) is 11.3 Å². The molecule has 0 aromatic carbocycles. The van der Waals surface area contributed by atoms with Crippen molar-refractivity contribution in [1.82, 2.24) is 0 Å². The molecule has 1 aromatic rings. The Morgan fingerprint density at radius 2 is 2.06 bits per heavy atom. The van der Waals surface area contributed by atoms with Gasteiger partial charge in [-0.05, 0) is 37.3 Å². The lowest BCUT2D eigenvalue weighted by Gasteiger charge is -2.28. The molecule has 1 heterocycles. The fourth-order valence-electron chi connectivity index (χ4n) is 2.48. The van der Waals surface area contributed by atoms with E-state index in [0.717, 1.165) is 28.0 Å². The van der Waals surface area contributed by atoms with Gasteiger partial charge in [0.05, 0.1) is 0 Å². The summed E-state index contributed by atoms with van der Waals surface area (Å²) in [5.41, 5.74) is 2.90. The van der Waals surface area contributed by atoms with E-state index in [9.17, 15) is 10.1 Å². The highest BCUT2D eigenvalue weighted by Crippen LogP contribution is 2.41. The Hall–Kier alpha value is -1.40. The third-order valence-corrected chi connectivity index (χ3v) is 4.21. The number of ketones is 1. The highest BCUT2D eigenvalue weighted by molar-refractivity contribution is 7.14. The van der Waals surface area contributed by atoms with Crippen LogP contribution < -0.4 is 0 Å². The van der Waals surface area contributed by atoms with Gasteiger partial charge in [0, 0.05) is 16.9 Å². The summed E-state index contributed by atoms with van der Waals surface area (Å²) >= 11 is 1.45. The van der Waals surface area contributed by atoms with Gasteiger partial charge in [0.15, 0.2) is 5.78 Å². The topological polar surface area (TPSA) is 40.9 Å². The average Bonchev–Trinajstić information content (AvgIpc) is 2.53. The molecule has 0 fully saturated rings. The number of rotatable bonds is 1. The Bertz CT molecular complexity index is 580. The Morgan fingerprint density at radius 3 is 2.61 bits per heavy atom. The van der Waals surface area contributed by atoms with Crippen LogP contribution in [0.2, 0.25) is 0 Å². The first-order chi connectivity index (χ1) is 8.34. The molecular weight excluding hydrogens is 242 g/mol. The molecule has 0 spiro atoms. The number of hydrogen-bond acceptors (Lipinski definition) is 3. The molecule has 3 heteroatoms. The van der Waals surface area contributed by atoms with Crippen LogP contribution in [0, 0.1) is 16.7 Å². The van der Waals surface area contributed by atoms with Crippen LogP contribution >= 0.6 is 11.3 Å². The second kappa shape index (κ2) is 4.37. The van der Waals surface area contributed by atoms with Crippen LogP contribution in [0.25, 0.3) is 6.08 Å². The van der Waals surface area contributed by atoms with E-state index in [-0.39, 0.29) is 11.2 Å². The van der Waals surface area contributed by atoms with Gasteiger partial charge >= 0.3 is 0 Å². The van der Waals surface area contributed by atoms with Crippen LogP contribution in [0.15, 0.2) is 5.57 Å². The van der Waals surface area contributed by atoms with Crippen molar-refractivity contribution in [2.24, 2.45) is 5.41 Å². The van der Waals surface area contributed by atoms with E-state index >= 15 is 0 Å². The van der Waals surface area contributed by atoms with E-state index in [2.05, 4.69) is 19.9 Å². The van der Waals surface area contributed by atoms with Gasteiger partial charge in [0.1, 0.15) is 10.9 Å². The van der Waals surface area contributed by atoms with Crippen LogP contribution in [0.3, 0.4) is 0 Å². The van der Waals surface area contributed by atoms with Crippen molar-refractivity contribution in [3.05, 3.63) is 26.5 Å². The van der Waals surface area contributed by atoms with E-state index < -0.39 is 0 Å². The minimum Gasteiger partial charge on any atom is -0.294 e. The molecule has 0 atom stereocenters. The standard InChI is InChI=1S/C15H17NOS/c1-9(2)5-12-14-10(13(8-16)18-12)6-15(3,4)7-11(14)17/h5H,6-7H2,1-4H3. The zero-order chi connectivity index (χ0) is 13.5. The van der Waals surface area contributed by atoms with Crippen molar-refractivity contribution in [1.29, 1.82) is 5.26 Å². The molecule has 0 aliphatic heterocycles. The molecule has 0 saturated carbocycles. The molecule has 2 nitrogen and oxygen atoms in total. The van der Waals surface area contributed by atoms with Crippen LogP contribution in [0.4, 0.5) is 0 Å². The van der Waals surface area contributed by atoms with Crippen LogP contribution in [0.1, 0.15) is 59.8 Å². The summed E-state index contributed by atoms with van der Waals surface area (Å²) in [4.78, 5) is 14.0. The average molecular weight is 259 g/mol. The predicted molar refractivity (Wildman–Crippen MR) is 74.8 cm³/mol. The summed E-state index contributed by atoms with van der Waals surface area (Å²) in [7, 11) is 0. The number of carbonyl (C=O) groups is 1. The fraction of sp³-hybridized carbons (Fsp3) is 0.467. The number of hydrogen-bond donors (Lipinski definition) is 0. The zero-order valence-corrected chi connectivity index (χ0v) is 12.1. The van der Waals surface area contributed by atoms with Gasteiger partial charge in [-0.25, -0.2) is 0 Å². The third-order valence-electron chi connectivity index (χ3n) is 3.13. The molecule has 0 unspecified atom stereocenters. The summed E-state index contributed by atoms with van der Waals surface area (Å²) in [5, 5.41) is 9.23. The van der Waals surface area contributed by atoms with E-state index in [1.54, 1.807) is 0 Å². The lowest BCUT2D eigenvalue weighted by Crippen LogP contribution is -2.26. The molecule has 18 heavy (non-hydrogen) atoms. The van der Waals surface area contributed by atoms with Crippen molar-refractivity contribution in [3.63, 3.8) is 0 Å². The number of fused-ring (bicyclic) bond motifs is 1. The number of thiophene rings is 1. The Morgan fingerprint density at radius 1 is 1.39 bits per heavy atom. The molecule has 94 valence electrons. The molecule has 2 rings (SSSR count). The Kier molecular flexibility index (Phi) is 3.16. The first-order valence-corrected chi connectivity index (χ1v) is 6.89. The molecule has 0 amide bonds. The number of nitrogens with zero attached hydrogens (tertiary/aromatic N) is 1. The lowest BCUT2D eigenvalue weighted by atomic mass is 9.74. The minimum atomic E-state index is -0.0288. The predicted octanol–water partition coefficient (Wildman–Crippen LogP) is 4.20. The van der Waals surface area contributed by atoms with Gasteiger partial charge in [-0.15, -0.1) is 11.3 Å². The summed E-state index contributed by atoms with van der Waals surface area (Å²) in [5.74, 6) is 0.187. The fourth-order valence-corrected chi connectivity index (χ4v) is 3.67. The van der Waals surface area contributed by atoms with Crippen LogP contribution in [-0.2, 0) is 6.42 Å². The summed E-state index contributed by atoms with van der Waals surface area (Å²) in [6.45, 7) is 8.20. The highest BCUT2D eigenvalue weighted by Gasteiger charge is 2.35. The van der Waals surface area contributed by atoms with Gasteiger partial charge in [0.25, 0.3) is 0 Å². The van der Waals surface area contributed by atoms with Gasteiger partial charge in [-0.1, -0.05) is 19.4 Å². The maximum Gasteiger partial charge on any atom is 0.165 e. The Labute approximate surface area is 112 Å². The molecule has 1 aliphatic carbocycles. The zero-order valence-electron chi connectivity index (χ0n) is 11.3. The van der Waals surface area contributed by atoms with Crippen LogP contribution in [0.5, 0.6) is 0 Å². The number of carbonyl (C=O) groups excluding carboxylic acids is 1. The number of nitriles is 1. The summed E-state index contributed by atoms with van der Waals surface area (Å²) in [6.07, 6.45) is 3.41. The van der Waals surface area contributed by atoms with Crippen LogP contribution in [-0.4, -0.2) is 5.78 Å². The number of allylic oxidation sites excluding steroid dienone is 1. The summed E-state index contributed by atoms with van der Waals surface area (Å²) < 4.78 is 0. The molecule has 0 N–H and O–H groups in total. The van der Waals surface area contributed by atoms with Crippen molar-refractivity contribution in [2.45, 2.75) is 40.5 Å². The van der Waals surface area contributed by atoms with Gasteiger partial charge in [-0.2, -0.15) is 5.26 Å². The second-order valence-corrected chi connectivity index (χ2v) is 6.98. The van der Waals surface area contributed by atoms with E-state index in [4.69, 9.17) is 0 Å². The quantitative estimate of drug-likeness (QED) is 0.758. The largest absolute Gasteiger partial charge is 0.294 e. The van der Waals surface area contributed by atoms with E-state index in [1.807, 2.05) is 19.9 Å². The van der Waals surface area contributed by atoms with E-state index in [0.29, 0.717) is 11.3 Å². The first-order valence-electron chi connectivity index (χ1n) is 6.08. The first kappa shape index (κ1) is 13.0. The van der Waals surface area contributed by atoms with Crippen molar-refractivity contribution in [3.8, 4) is 6.07 Å². The molecule has 1 aliphatic rings. The van der Waals surface area contributed by atoms with Gasteiger partial charge < -0.3 is 0 Å². The maximum absolute atomic E-state index is 12.3. The molecule has 0 bridgehead atoms. The smallest absolute Gasteiger partial charge is 0.165 e. The SMILES string of the molecule is CC(C)=Cc1sc(C#N)c2c1C(=O)CC(C)(C)C2. The van der Waals surface area contributed by atoms with Crippen molar-refractivity contribution in [2.75, 3.05) is 0 Å². The lowest BCUT2D eigenvalue weighted by molar-refractivity contribution is 0.0913. The third kappa shape index (κ3) is 2.26. The monoisotopic (exact) mass is 259 g/mol. The second-order valence-electron chi connectivity index (χ2n) is 5.92. The number of Topliss-reactive ketones (excluding diaryl/α,β-unsaturated/α-hetero) is 1. The molecule has 1 aromatic heterocycles. The normalized spacial score (nSPS) is 16.9. The maximum atomic E-state index is 12.3. The minimum absolute atomic E-state index is 0.0288. The molecule has 0 radical (unpaired) electrons. The molecule has 0 saturated heterocycles. The van der Waals surface area contributed by atoms with Crippen molar-refractivity contribution < 1.29 is 4.79 Å². The molecular formula is C15H17NOS. The van der Waals surface area contributed by atoms with Gasteiger partial charge in [-0.3, -0.25) is 4.79 Å². The Balaban J connectivity index is 2.65. The van der Waals surface area contributed by atoms with Crippen molar-refractivity contribution >= 4 is 23.2 Å².